The third-order valence-corrected chi connectivity index (χ3v) is 5.59. The van der Waals surface area contributed by atoms with Crippen molar-refractivity contribution in [1.29, 1.82) is 0 Å². The number of benzene rings is 2. The summed E-state index contributed by atoms with van der Waals surface area (Å²) in [6.07, 6.45) is 1.81. The van der Waals surface area contributed by atoms with Crippen molar-refractivity contribution in [3.05, 3.63) is 69.5 Å². The van der Waals surface area contributed by atoms with Crippen LogP contribution in [0.1, 0.15) is 24.0 Å². The molecule has 2 aromatic rings. The topological polar surface area (TPSA) is 23.6 Å². The standard InChI is InChI=1S/C21H23Cl2FN2O/c1-25(12-16-5-2-3-7-20(16)24)21(27)17-6-4-10-26(14-17)13-15-8-9-18(22)11-19(15)23/h2-3,5,7-9,11,17H,4,6,10,12-14H2,1H3. The fourth-order valence-electron chi connectivity index (χ4n) is 3.56. The molecule has 1 heterocycles. The van der Waals surface area contributed by atoms with Gasteiger partial charge in [-0.3, -0.25) is 9.69 Å². The van der Waals surface area contributed by atoms with Crippen LogP contribution in [0.3, 0.4) is 0 Å². The molecule has 0 N–H and O–H groups in total. The highest BCUT2D eigenvalue weighted by Crippen LogP contribution is 2.25. The fourth-order valence-corrected chi connectivity index (χ4v) is 4.03. The number of hydrogen-bond donors (Lipinski definition) is 0. The predicted octanol–water partition coefficient (Wildman–Crippen LogP) is 5.00. The van der Waals surface area contributed by atoms with Crippen molar-refractivity contribution in [2.75, 3.05) is 20.1 Å². The van der Waals surface area contributed by atoms with Gasteiger partial charge in [-0.1, -0.05) is 47.5 Å². The average molecular weight is 409 g/mol. The second kappa shape index (κ2) is 9.05. The Hall–Kier alpha value is -1.62. The fraction of sp³-hybridized carbons (Fsp3) is 0.381. The van der Waals surface area contributed by atoms with Crippen molar-refractivity contribution in [3.8, 4) is 0 Å². The Morgan fingerprint density at radius 1 is 1.22 bits per heavy atom. The average Bonchev–Trinajstić information content (AvgIpc) is 2.65. The molecule has 3 nitrogen and oxygen atoms in total. The van der Waals surface area contributed by atoms with Gasteiger partial charge < -0.3 is 4.90 Å². The maximum absolute atomic E-state index is 13.9. The van der Waals surface area contributed by atoms with Gasteiger partial charge in [-0.2, -0.15) is 0 Å². The Kier molecular flexibility index (Phi) is 6.74. The van der Waals surface area contributed by atoms with E-state index >= 15 is 0 Å². The van der Waals surface area contributed by atoms with E-state index in [0.717, 1.165) is 24.9 Å². The number of carbonyl (C=O) groups is 1. The molecule has 0 radical (unpaired) electrons. The first kappa shape index (κ1) is 20.1. The molecule has 0 saturated carbocycles. The van der Waals surface area contributed by atoms with E-state index in [4.69, 9.17) is 23.2 Å². The van der Waals surface area contributed by atoms with Gasteiger partial charge in [0, 0.05) is 42.3 Å². The molecule has 0 aromatic heterocycles. The van der Waals surface area contributed by atoms with Gasteiger partial charge in [-0.25, -0.2) is 4.39 Å². The molecule has 144 valence electrons. The van der Waals surface area contributed by atoms with E-state index in [9.17, 15) is 9.18 Å². The molecule has 1 aliphatic heterocycles. The largest absolute Gasteiger partial charge is 0.341 e. The van der Waals surface area contributed by atoms with Gasteiger partial charge in [0.1, 0.15) is 5.82 Å². The molecule has 3 rings (SSSR count). The summed E-state index contributed by atoms with van der Waals surface area (Å²) in [5.74, 6) is -0.299. The summed E-state index contributed by atoms with van der Waals surface area (Å²) >= 11 is 12.2. The van der Waals surface area contributed by atoms with Crippen molar-refractivity contribution in [3.63, 3.8) is 0 Å². The van der Waals surface area contributed by atoms with Crippen molar-refractivity contribution in [2.45, 2.75) is 25.9 Å². The molecular weight excluding hydrogens is 386 g/mol. The quantitative estimate of drug-likeness (QED) is 0.694. The van der Waals surface area contributed by atoms with Crippen LogP contribution in [0.4, 0.5) is 4.39 Å². The molecule has 6 heteroatoms. The maximum Gasteiger partial charge on any atom is 0.227 e. The van der Waals surface area contributed by atoms with Crippen molar-refractivity contribution in [1.82, 2.24) is 9.80 Å². The predicted molar refractivity (Wildman–Crippen MR) is 107 cm³/mol. The highest BCUT2D eigenvalue weighted by molar-refractivity contribution is 6.35. The van der Waals surface area contributed by atoms with Crippen LogP contribution in [0.2, 0.25) is 10.0 Å². The molecule has 1 fully saturated rings. The molecule has 1 atom stereocenters. The number of nitrogens with zero attached hydrogens (tertiary/aromatic N) is 2. The van der Waals surface area contributed by atoms with Gasteiger partial charge in [0.15, 0.2) is 0 Å². The summed E-state index contributed by atoms with van der Waals surface area (Å²) in [7, 11) is 1.74. The summed E-state index contributed by atoms with van der Waals surface area (Å²) in [6, 6.07) is 12.1. The van der Waals surface area contributed by atoms with Gasteiger partial charge in [0.2, 0.25) is 5.91 Å². The Morgan fingerprint density at radius 3 is 2.74 bits per heavy atom. The summed E-state index contributed by atoms with van der Waals surface area (Å²) in [5.41, 5.74) is 1.54. The molecular formula is C21H23Cl2FN2O. The summed E-state index contributed by atoms with van der Waals surface area (Å²) in [6.45, 7) is 2.58. The molecule has 0 bridgehead atoms. The van der Waals surface area contributed by atoms with Gasteiger partial charge >= 0.3 is 0 Å². The molecule has 0 aliphatic carbocycles. The Labute approximate surface area is 169 Å². The second-order valence-corrected chi connectivity index (χ2v) is 7.94. The first-order chi connectivity index (χ1) is 12.9. The minimum absolute atomic E-state index is 0.0603. The first-order valence-electron chi connectivity index (χ1n) is 9.08. The van der Waals surface area contributed by atoms with Crippen LogP contribution < -0.4 is 0 Å². The minimum Gasteiger partial charge on any atom is -0.341 e. The van der Waals surface area contributed by atoms with Crippen LogP contribution in [0.5, 0.6) is 0 Å². The molecule has 1 saturated heterocycles. The third kappa shape index (κ3) is 5.22. The lowest BCUT2D eigenvalue weighted by Gasteiger charge is -2.34. The lowest BCUT2D eigenvalue weighted by Crippen LogP contribution is -2.43. The smallest absolute Gasteiger partial charge is 0.227 e. The molecule has 1 amide bonds. The van der Waals surface area contributed by atoms with E-state index in [-0.39, 0.29) is 24.2 Å². The number of amides is 1. The summed E-state index contributed by atoms with van der Waals surface area (Å²) < 4.78 is 13.9. The Morgan fingerprint density at radius 2 is 2.00 bits per heavy atom. The highest BCUT2D eigenvalue weighted by atomic mass is 35.5. The number of piperidine rings is 1. The molecule has 27 heavy (non-hydrogen) atoms. The number of likely N-dealkylation sites (tertiary alicyclic amines) is 1. The first-order valence-corrected chi connectivity index (χ1v) is 9.84. The lowest BCUT2D eigenvalue weighted by molar-refractivity contribution is -0.136. The lowest BCUT2D eigenvalue weighted by atomic mass is 9.96. The van der Waals surface area contributed by atoms with E-state index in [2.05, 4.69) is 4.90 Å². The number of rotatable bonds is 5. The Balaban J connectivity index is 1.61. The highest BCUT2D eigenvalue weighted by Gasteiger charge is 2.28. The molecule has 1 aliphatic rings. The summed E-state index contributed by atoms with van der Waals surface area (Å²) in [5, 5.41) is 1.26. The maximum atomic E-state index is 13.9. The van der Waals surface area contributed by atoms with Crippen LogP contribution in [-0.4, -0.2) is 35.8 Å². The van der Waals surface area contributed by atoms with Gasteiger partial charge in [-0.05, 0) is 43.1 Å². The van der Waals surface area contributed by atoms with Crippen molar-refractivity contribution in [2.24, 2.45) is 5.92 Å². The van der Waals surface area contributed by atoms with Crippen molar-refractivity contribution < 1.29 is 9.18 Å². The monoisotopic (exact) mass is 408 g/mol. The van der Waals surface area contributed by atoms with Crippen LogP contribution in [0, 0.1) is 11.7 Å². The molecule has 1 unspecified atom stereocenters. The van der Waals surface area contributed by atoms with E-state index in [0.29, 0.717) is 28.7 Å². The molecule has 2 aromatic carbocycles. The van der Waals surface area contributed by atoms with Gasteiger partial charge in [-0.15, -0.1) is 0 Å². The Bertz CT molecular complexity index is 815. The number of hydrogen-bond acceptors (Lipinski definition) is 2. The van der Waals surface area contributed by atoms with Crippen LogP contribution >= 0.6 is 23.2 Å². The van der Waals surface area contributed by atoms with E-state index in [1.165, 1.54) is 6.07 Å². The normalized spacial score (nSPS) is 17.7. The SMILES string of the molecule is CN(Cc1ccccc1F)C(=O)C1CCCN(Cc2ccc(Cl)cc2Cl)C1. The zero-order chi connectivity index (χ0) is 19.4. The van der Waals surface area contributed by atoms with Gasteiger partial charge in [0.25, 0.3) is 0 Å². The number of carbonyl (C=O) groups excluding carboxylic acids is 1. The van der Waals surface area contributed by atoms with Crippen LogP contribution in [-0.2, 0) is 17.9 Å². The van der Waals surface area contributed by atoms with Crippen molar-refractivity contribution >= 4 is 29.1 Å². The second-order valence-electron chi connectivity index (χ2n) is 7.10. The van der Waals surface area contributed by atoms with E-state index in [1.807, 2.05) is 12.1 Å². The van der Waals surface area contributed by atoms with Crippen LogP contribution in [0.15, 0.2) is 42.5 Å². The van der Waals surface area contributed by atoms with Crippen LogP contribution in [0.25, 0.3) is 0 Å². The number of halogens is 3. The molecule has 0 spiro atoms. The van der Waals surface area contributed by atoms with E-state index < -0.39 is 0 Å². The zero-order valence-electron chi connectivity index (χ0n) is 15.3. The zero-order valence-corrected chi connectivity index (χ0v) is 16.8. The van der Waals surface area contributed by atoms with E-state index in [1.54, 1.807) is 36.2 Å². The minimum atomic E-state index is -0.278. The third-order valence-electron chi connectivity index (χ3n) is 5.01. The summed E-state index contributed by atoms with van der Waals surface area (Å²) in [4.78, 5) is 16.7. The van der Waals surface area contributed by atoms with Gasteiger partial charge in [0.05, 0.1) is 5.92 Å².